The van der Waals surface area contributed by atoms with Crippen LogP contribution in [0.15, 0.2) is 24.3 Å². The zero-order valence-electron chi connectivity index (χ0n) is 14.7. The van der Waals surface area contributed by atoms with Gasteiger partial charge in [0.05, 0.1) is 12.3 Å². The quantitative estimate of drug-likeness (QED) is 0.401. The van der Waals surface area contributed by atoms with E-state index in [-0.39, 0.29) is 5.91 Å². The van der Waals surface area contributed by atoms with E-state index in [9.17, 15) is 4.79 Å². The molecule has 23 heavy (non-hydrogen) atoms. The summed E-state index contributed by atoms with van der Waals surface area (Å²) in [6.07, 6.45) is 7.65. The molecular formula is C19H30N2O2. The zero-order valence-corrected chi connectivity index (χ0v) is 14.7. The van der Waals surface area contributed by atoms with Crippen LogP contribution >= 0.6 is 0 Å². The van der Waals surface area contributed by atoms with Crippen LogP contribution in [0.3, 0.4) is 0 Å². The Balaban J connectivity index is 2.65. The molecule has 0 saturated heterocycles. The molecule has 1 amide bonds. The van der Waals surface area contributed by atoms with Crippen molar-refractivity contribution in [3.63, 3.8) is 0 Å². The van der Waals surface area contributed by atoms with Crippen LogP contribution in [0.25, 0.3) is 6.08 Å². The predicted molar refractivity (Wildman–Crippen MR) is 97.5 cm³/mol. The number of hydrogen-bond donors (Lipinski definition) is 1. The minimum atomic E-state index is 0.0443. The third-order valence-electron chi connectivity index (χ3n) is 3.68. The first-order valence-electron chi connectivity index (χ1n) is 8.61. The molecule has 0 atom stereocenters. The van der Waals surface area contributed by atoms with Crippen LogP contribution in [0.4, 0.5) is 5.69 Å². The zero-order chi connectivity index (χ0) is 17.1. The highest BCUT2D eigenvalue weighted by Crippen LogP contribution is 2.23. The number of ether oxygens (including phenoxy) is 1. The van der Waals surface area contributed by atoms with Crippen molar-refractivity contribution in [1.29, 1.82) is 0 Å². The molecule has 0 radical (unpaired) electrons. The molecule has 0 saturated carbocycles. The number of nitrogens with two attached hydrogens (primary N) is 1. The van der Waals surface area contributed by atoms with Gasteiger partial charge < -0.3 is 15.4 Å². The molecule has 128 valence electrons. The lowest BCUT2D eigenvalue weighted by Gasteiger charge is -2.18. The molecule has 0 unspecified atom stereocenters. The van der Waals surface area contributed by atoms with Crippen molar-refractivity contribution in [3.05, 3.63) is 29.8 Å². The van der Waals surface area contributed by atoms with E-state index in [1.54, 1.807) is 6.08 Å². The van der Waals surface area contributed by atoms with Crippen LogP contribution in [-0.2, 0) is 4.79 Å². The lowest BCUT2D eigenvalue weighted by molar-refractivity contribution is -0.125. The molecule has 1 aromatic carbocycles. The molecule has 0 aromatic heterocycles. The topological polar surface area (TPSA) is 55.6 Å². The molecule has 0 fully saturated rings. The summed E-state index contributed by atoms with van der Waals surface area (Å²) < 4.78 is 5.63. The minimum Gasteiger partial charge on any atom is -0.491 e. The van der Waals surface area contributed by atoms with Crippen molar-refractivity contribution >= 4 is 17.7 Å². The SMILES string of the molecule is CCCCOc1ccc(/C=C\C(=O)N(CC)CCCC)cc1N. The Morgan fingerprint density at radius 2 is 1.96 bits per heavy atom. The van der Waals surface area contributed by atoms with E-state index in [2.05, 4.69) is 13.8 Å². The monoisotopic (exact) mass is 318 g/mol. The van der Waals surface area contributed by atoms with Crippen LogP contribution in [0.5, 0.6) is 5.75 Å². The van der Waals surface area contributed by atoms with E-state index >= 15 is 0 Å². The normalized spacial score (nSPS) is 10.9. The first-order valence-corrected chi connectivity index (χ1v) is 8.61. The summed E-state index contributed by atoms with van der Waals surface area (Å²) in [6, 6.07) is 5.63. The summed E-state index contributed by atoms with van der Waals surface area (Å²) in [6.45, 7) is 8.47. The summed E-state index contributed by atoms with van der Waals surface area (Å²) in [7, 11) is 0. The minimum absolute atomic E-state index is 0.0443. The lowest BCUT2D eigenvalue weighted by atomic mass is 10.1. The summed E-state index contributed by atoms with van der Waals surface area (Å²) in [5.74, 6) is 0.753. The largest absolute Gasteiger partial charge is 0.491 e. The van der Waals surface area contributed by atoms with Gasteiger partial charge in [0.15, 0.2) is 0 Å². The van der Waals surface area contributed by atoms with Gasteiger partial charge in [0.2, 0.25) is 5.91 Å². The number of carbonyl (C=O) groups excluding carboxylic acids is 1. The van der Waals surface area contributed by atoms with Gasteiger partial charge in [-0.25, -0.2) is 0 Å². The van der Waals surface area contributed by atoms with Gasteiger partial charge in [-0.3, -0.25) is 4.79 Å². The van der Waals surface area contributed by atoms with E-state index in [0.717, 1.165) is 44.3 Å². The van der Waals surface area contributed by atoms with Gasteiger partial charge >= 0.3 is 0 Å². The van der Waals surface area contributed by atoms with Crippen LogP contribution in [0.2, 0.25) is 0 Å². The van der Waals surface area contributed by atoms with Crippen LogP contribution in [0.1, 0.15) is 52.0 Å². The Labute approximate surface area is 140 Å². The number of likely N-dealkylation sites (N-methyl/N-ethyl adjacent to an activating group) is 1. The molecule has 0 aliphatic heterocycles. The third kappa shape index (κ3) is 6.76. The maximum Gasteiger partial charge on any atom is 0.246 e. The summed E-state index contributed by atoms with van der Waals surface area (Å²) >= 11 is 0. The van der Waals surface area contributed by atoms with Gasteiger partial charge in [0, 0.05) is 19.2 Å². The molecule has 2 N–H and O–H groups in total. The van der Waals surface area contributed by atoms with E-state index < -0.39 is 0 Å². The number of nitrogens with zero attached hydrogens (tertiary/aromatic N) is 1. The van der Waals surface area contributed by atoms with E-state index in [1.807, 2.05) is 36.1 Å². The summed E-state index contributed by atoms with van der Waals surface area (Å²) in [5.41, 5.74) is 7.52. The number of amides is 1. The molecule has 4 nitrogen and oxygen atoms in total. The maximum atomic E-state index is 12.2. The average molecular weight is 318 g/mol. The molecule has 0 heterocycles. The van der Waals surface area contributed by atoms with Gasteiger partial charge in [-0.05, 0) is 43.5 Å². The fourth-order valence-corrected chi connectivity index (χ4v) is 2.17. The van der Waals surface area contributed by atoms with E-state index in [1.165, 1.54) is 0 Å². The maximum absolute atomic E-state index is 12.2. The van der Waals surface area contributed by atoms with Crippen molar-refractivity contribution in [1.82, 2.24) is 4.90 Å². The predicted octanol–water partition coefficient (Wildman–Crippen LogP) is 4.11. The smallest absolute Gasteiger partial charge is 0.246 e. The molecule has 4 heteroatoms. The summed E-state index contributed by atoms with van der Waals surface area (Å²) in [5, 5.41) is 0. The Morgan fingerprint density at radius 3 is 2.57 bits per heavy atom. The third-order valence-corrected chi connectivity index (χ3v) is 3.68. The first kappa shape index (κ1) is 19.1. The van der Waals surface area contributed by atoms with Crippen molar-refractivity contribution in [2.45, 2.75) is 46.5 Å². The fraction of sp³-hybridized carbons (Fsp3) is 0.526. The van der Waals surface area contributed by atoms with E-state index in [0.29, 0.717) is 18.0 Å². The van der Waals surface area contributed by atoms with Crippen molar-refractivity contribution < 1.29 is 9.53 Å². The molecule has 0 aliphatic rings. The second kappa shape index (κ2) is 10.7. The van der Waals surface area contributed by atoms with Gasteiger partial charge in [0.25, 0.3) is 0 Å². The van der Waals surface area contributed by atoms with Crippen LogP contribution < -0.4 is 10.5 Å². The highest BCUT2D eigenvalue weighted by atomic mass is 16.5. The molecule has 1 aromatic rings. The fourth-order valence-electron chi connectivity index (χ4n) is 2.17. The second-order valence-corrected chi connectivity index (χ2v) is 5.60. The van der Waals surface area contributed by atoms with Crippen molar-refractivity contribution in [2.75, 3.05) is 25.4 Å². The van der Waals surface area contributed by atoms with Crippen molar-refractivity contribution in [3.8, 4) is 5.75 Å². The number of unbranched alkanes of at least 4 members (excludes halogenated alkanes) is 2. The molecule has 0 spiro atoms. The van der Waals surface area contributed by atoms with Gasteiger partial charge in [-0.2, -0.15) is 0 Å². The highest BCUT2D eigenvalue weighted by molar-refractivity contribution is 5.92. The highest BCUT2D eigenvalue weighted by Gasteiger charge is 2.07. The van der Waals surface area contributed by atoms with Gasteiger partial charge in [-0.1, -0.05) is 32.8 Å². The number of benzene rings is 1. The van der Waals surface area contributed by atoms with Gasteiger partial charge in [0.1, 0.15) is 5.75 Å². The lowest BCUT2D eigenvalue weighted by Crippen LogP contribution is -2.30. The standard InChI is InChI=1S/C19H30N2O2/c1-4-7-13-21(6-3)19(22)12-10-16-9-11-18(17(20)15-16)23-14-8-5-2/h9-12,15H,4-8,13-14,20H2,1-3H3/b12-10-. The first-order chi connectivity index (χ1) is 11.1. The average Bonchev–Trinajstić information content (AvgIpc) is 2.55. The number of hydrogen-bond acceptors (Lipinski definition) is 3. The number of carbonyl (C=O) groups is 1. The molecule has 1 rings (SSSR count). The Morgan fingerprint density at radius 1 is 1.22 bits per heavy atom. The van der Waals surface area contributed by atoms with Gasteiger partial charge in [-0.15, -0.1) is 0 Å². The Kier molecular flexibility index (Phi) is 8.88. The molecular weight excluding hydrogens is 288 g/mol. The number of rotatable bonds is 10. The Bertz CT molecular complexity index is 512. The summed E-state index contributed by atoms with van der Waals surface area (Å²) in [4.78, 5) is 14.0. The van der Waals surface area contributed by atoms with Crippen LogP contribution in [-0.4, -0.2) is 30.5 Å². The van der Waals surface area contributed by atoms with E-state index in [4.69, 9.17) is 10.5 Å². The van der Waals surface area contributed by atoms with Crippen LogP contribution in [0, 0.1) is 0 Å². The second-order valence-electron chi connectivity index (χ2n) is 5.60. The van der Waals surface area contributed by atoms with Crippen molar-refractivity contribution in [2.24, 2.45) is 0 Å². The number of anilines is 1. The Hall–Kier alpha value is -1.97. The molecule has 0 aliphatic carbocycles. The number of nitrogen functional groups attached to an aromatic ring is 1. The molecule has 0 bridgehead atoms.